The van der Waals surface area contributed by atoms with Gasteiger partial charge in [0.15, 0.2) is 5.17 Å². The Morgan fingerprint density at radius 2 is 1.70 bits per heavy atom. The maximum absolute atomic E-state index is 12.3. The molecule has 0 unspecified atom stereocenters. The smallest absolute Gasteiger partial charge is 0.286 e. The summed E-state index contributed by atoms with van der Waals surface area (Å²) in [4.78, 5) is 21.8. The summed E-state index contributed by atoms with van der Waals surface area (Å²) in [7, 11) is 0. The van der Waals surface area contributed by atoms with Crippen molar-refractivity contribution in [3.63, 3.8) is 0 Å². The lowest BCUT2D eigenvalue weighted by molar-refractivity contribution is -0.113. The van der Waals surface area contributed by atoms with Gasteiger partial charge < -0.3 is 4.90 Å². The highest BCUT2D eigenvalue weighted by Gasteiger charge is 2.28. The molecule has 1 saturated heterocycles. The Kier molecular flexibility index (Phi) is 5.62. The highest BCUT2D eigenvalue weighted by Crippen LogP contribution is 2.32. The lowest BCUT2D eigenvalue weighted by Crippen LogP contribution is -2.47. The van der Waals surface area contributed by atoms with Crippen molar-refractivity contribution in [3.8, 4) is 0 Å². The fourth-order valence-corrected chi connectivity index (χ4v) is 4.35. The molecule has 2 aromatic rings. The second kappa shape index (κ2) is 8.30. The van der Waals surface area contributed by atoms with Gasteiger partial charge in [-0.25, -0.2) is 0 Å². The standard InChI is InChI=1S/C21H20ClN3OS/c22-18-9-5-4-8-17(18)14-19-20(26)23-21(27-19)25-12-10-24(11-13-25)15-16-6-2-1-3-7-16/h1-9,14H,10-13,15H2/b19-14+. The number of rotatable bonds is 3. The number of amides is 1. The van der Waals surface area contributed by atoms with Crippen LogP contribution >= 0.6 is 23.4 Å². The van der Waals surface area contributed by atoms with Gasteiger partial charge in [0, 0.05) is 37.7 Å². The quantitative estimate of drug-likeness (QED) is 0.729. The number of piperazine rings is 1. The van der Waals surface area contributed by atoms with Crippen molar-refractivity contribution in [3.05, 3.63) is 75.7 Å². The van der Waals surface area contributed by atoms with Gasteiger partial charge in [0.05, 0.1) is 4.91 Å². The third-order valence-corrected chi connectivity index (χ3v) is 6.08. The Labute approximate surface area is 168 Å². The Morgan fingerprint density at radius 1 is 1.00 bits per heavy atom. The van der Waals surface area contributed by atoms with E-state index >= 15 is 0 Å². The van der Waals surface area contributed by atoms with E-state index in [2.05, 4.69) is 39.1 Å². The molecular weight excluding hydrogens is 378 g/mol. The van der Waals surface area contributed by atoms with Crippen LogP contribution in [0.25, 0.3) is 6.08 Å². The Hall–Kier alpha value is -2.08. The van der Waals surface area contributed by atoms with Crippen molar-refractivity contribution in [2.24, 2.45) is 4.99 Å². The molecule has 2 aliphatic heterocycles. The number of thioether (sulfide) groups is 1. The Balaban J connectivity index is 1.36. The molecule has 2 aliphatic rings. The minimum absolute atomic E-state index is 0.179. The zero-order valence-corrected chi connectivity index (χ0v) is 16.4. The topological polar surface area (TPSA) is 35.9 Å². The average Bonchev–Trinajstić information content (AvgIpc) is 3.05. The van der Waals surface area contributed by atoms with E-state index in [4.69, 9.17) is 11.6 Å². The van der Waals surface area contributed by atoms with E-state index in [0.29, 0.717) is 9.93 Å². The van der Waals surface area contributed by atoms with Crippen LogP contribution in [0.15, 0.2) is 64.5 Å². The van der Waals surface area contributed by atoms with E-state index in [-0.39, 0.29) is 5.91 Å². The van der Waals surface area contributed by atoms with Crippen molar-refractivity contribution < 1.29 is 4.79 Å². The summed E-state index contributed by atoms with van der Waals surface area (Å²) < 4.78 is 0. The number of halogens is 1. The van der Waals surface area contributed by atoms with Crippen LogP contribution in [-0.4, -0.2) is 47.1 Å². The molecule has 0 atom stereocenters. The molecule has 0 aliphatic carbocycles. The van der Waals surface area contributed by atoms with E-state index in [9.17, 15) is 4.79 Å². The van der Waals surface area contributed by atoms with Crippen LogP contribution in [0, 0.1) is 0 Å². The molecule has 1 amide bonds. The predicted molar refractivity (Wildman–Crippen MR) is 113 cm³/mol. The lowest BCUT2D eigenvalue weighted by atomic mass is 10.2. The molecule has 0 aromatic heterocycles. The molecule has 2 aromatic carbocycles. The summed E-state index contributed by atoms with van der Waals surface area (Å²) in [5, 5.41) is 1.44. The fraction of sp³-hybridized carbons (Fsp3) is 0.238. The van der Waals surface area contributed by atoms with Gasteiger partial charge in [-0.15, -0.1) is 0 Å². The van der Waals surface area contributed by atoms with E-state index in [1.54, 1.807) is 0 Å². The van der Waals surface area contributed by atoms with Gasteiger partial charge in [-0.2, -0.15) is 4.99 Å². The summed E-state index contributed by atoms with van der Waals surface area (Å²) in [6.45, 7) is 4.65. The van der Waals surface area contributed by atoms with Gasteiger partial charge in [0.25, 0.3) is 5.91 Å². The third-order valence-electron chi connectivity index (χ3n) is 4.69. The van der Waals surface area contributed by atoms with Gasteiger partial charge in [-0.3, -0.25) is 9.69 Å². The van der Waals surface area contributed by atoms with Crippen molar-refractivity contribution in [1.29, 1.82) is 0 Å². The van der Waals surface area contributed by atoms with E-state index in [1.807, 2.05) is 36.4 Å². The molecule has 0 bridgehead atoms. The zero-order chi connectivity index (χ0) is 18.6. The maximum atomic E-state index is 12.3. The summed E-state index contributed by atoms with van der Waals surface area (Å²) in [6.07, 6.45) is 1.83. The van der Waals surface area contributed by atoms with Crippen LogP contribution in [-0.2, 0) is 11.3 Å². The molecule has 1 fully saturated rings. The molecule has 0 spiro atoms. The number of hydrogen-bond acceptors (Lipinski definition) is 4. The van der Waals surface area contributed by atoms with Gasteiger partial charge in [-0.05, 0) is 35.0 Å². The number of hydrogen-bond donors (Lipinski definition) is 0. The maximum Gasteiger partial charge on any atom is 0.286 e. The largest absolute Gasteiger partial charge is 0.348 e. The number of nitrogens with zero attached hydrogens (tertiary/aromatic N) is 3. The van der Waals surface area contributed by atoms with Gasteiger partial charge in [0.2, 0.25) is 0 Å². The predicted octanol–water partition coefficient (Wildman–Crippen LogP) is 4.13. The number of carbonyl (C=O) groups is 1. The molecule has 0 N–H and O–H groups in total. The summed E-state index contributed by atoms with van der Waals surface area (Å²) >= 11 is 7.64. The summed E-state index contributed by atoms with van der Waals surface area (Å²) in [6, 6.07) is 18.0. The first-order valence-electron chi connectivity index (χ1n) is 8.97. The van der Waals surface area contributed by atoms with E-state index in [0.717, 1.165) is 43.5 Å². The molecule has 4 nitrogen and oxygen atoms in total. The van der Waals surface area contributed by atoms with Crippen molar-refractivity contribution in [1.82, 2.24) is 9.80 Å². The lowest BCUT2D eigenvalue weighted by Gasteiger charge is -2.35. The first-order valence-corrected chi connectivity index (χ1v) is 10.2. The average molecular weight is 398 g/mol. The van der Waals surface area contributed by atoms with Crippen molar-refractivity contribution in [2.45, 2.75) is 6.54 Å². The molecule has 6 heteroatoms. The van der Waals surface area contributed by atoms with Crippen LogP contribution in [0.4, 0.5) is 0 Å². The normalized spacial score (nSPS) is 19.6. The van der Waals surface area contributed by atoms with E-state index in [1.165, 1.54) is 17.3 Å². The fourth-order valence-electron chi connectivity index (χ4n) is 3.21. The molecule has 0 saturated carbocycles. The molecule has 2 heterocycles. The van der Waals surface area contributed by atoms with Gasteiger partial charge in [-0.1, -0.05) is 60.1 Å². The second-order valence-corrected chi connectivity index (χ2v) is 8.00. The molecule has 27 heavy (non-hydrogen) atoms. The van der Waals surface area contributed by atoms with Crippen LogP contribution in [0.3, 0.4) is 0 Å². The number of carbonyl (C=O) groups excluding carboxylic acids is 1. The first-order chi connectivity index (χ1) is 13.2. The zero-order valence-electron chi connectivity index (χ0n) is 14.8. The van der Waals surface area contributed by atoms with Gasteiger partial charge in [0.1, 0.15) is 0 Å². The molecular formula is C21H20ClN3OS. The summed E-state index contributed by atoms with van der Waals surface area (Å²) in [5.74, 6) is -0.179. The van der Waals surface area contributed by atoms with Crippen molar-refractivity contribution >= 4 is 40.5 Å². The first kappa shape index (κ1) is 18.3. The number of aliphatic imine (C=N–C) groups is 1. The Morgan fingerprint density at radius 3 is 2.44 bits per heavy atom. The Bertz CT molecular complexity index is 889. The highest BCUT2D eigenvalue weighted by atomic mass is 35.5. The van der Waals surface area contributed by atoms with E-state index < -0.39 is 0 Å². The van der Waals surface area contributed by atoms with Crippen LogP contribution in [0.1, 0.15) is 11.1 Å². The SMILES string of the molecule is O=C1N=C(N2CCN(Cc3ccccc3)CC2)S/C1=C/c1ccccc1Cl. The number of amidine groups is 1. The van der Waals surface area contributed by atoms with Crippen LogP contribution in [0.5, 0.6) is 0 Å². The van der Waals surface area contributed by atoms with Crippen LogP contribution < -0.4 is 0 Å². The molecule has 0 radical (unpaired) electrons. The van der Waals surface area contributed by atoms with Crippen molar-refractivity contribution in [2.75, 3.05) is 26.2 Å². The summed E-state index contributed by atoms with van der Waals surface area (Å²) in [5.41, 5.74) is 2.18. The second-order valence-electron chi connectivity index (χ2n) is 6.58. The number of benzene rings is 2. The molecule has 138 valence electrons. The van der Waals surface area contributed by atoms with Crippen LogP contribution in [0.2, 0.25) is 5.02 Å². The highest BCUT2D eigenvalue weighted by molar-refractivity contribution is 8.18. The third kappa shape index (κ3) is 4.43. The minimum Gasteiger partial charge on any atom is -0.348 e. The molecule has 4 rings (SSSR count). The minimum atomic E-state index is -0.179. The van der Waals surface area contributed by atoms with Gasteiger partial charge >= 0.3 is 0 Å². The monoisotopic (exact) mass is 397 g/mol.